The number of nitrogens with zero attached hydrogens (tertiary/aromatic N) is 2. The zero-order valence-corrected chi connectivity index (χ0v) is 19.1. The predicted octanol–water partition coefficient (Wildman–Crippen LogP) is 3.79. The van der Waals surface area contributed by atoms with Crippen LogP contribution in [-0.4, -0.2) is 58.7 Å². The lowest BCUT2D eigenvalue weighted by atomic mass is 9.84. The van der Waals surface area contributed by atoms with E-state index in [-0.39, 0.29) is 29.5 Å². The molecule has 8 heteroatoms. The van der Waals surface area contributed by atoms with Crippen LogP contribution >= 0.6 is 0 Å². The number of para-hydroxylation sites is 1. The number of H-pyrrole nitrogens is 1. The first-order valence-corrected chi connectivity index (χ1v) is 11.9. The van der Waals surface area contributed by atoms with Gasteiger partial charge in [0.2, 0.25) is 5.91 Å². The summed E-state index contributed by atoms with van der Waals surface area (Å²) < 4.78 is 11.7. The number of ether oxygens (including phenoxy) is 2. The number of phenols is 1. The van der Waals surface area contributed by atoms with Crippen molar-refractivity contribution in [2.24, 2.45) is 0 Å². The molecule has 5 rings (SSSR count). The number of hydrogen-bond donors (Lipinski definition) is 3. The number of aromatic nitrogens is 3. The van der Waals surface area contributed by atoms with Crippen molar-refractivity contribution >= 4 is 16.9 Å². The largest absolute Gasteiger partial charge is 0.507 e. The molecule has 178 valence electrons. The van der Waals surface area contributed by atoms with Crippen molar-refractivity contribution in [3.63, 3.8) is 0 Å². The lowest BCUT2D eigenvalue weighted by Crippen LogP contribution is -2.37. The fourth-order valence-corrected chi connectivity index (χ4v) is 5.18. The number of hydrogen-bond acceptors (Lipinski definition) is 6. The Morgan fingerprint density at radius 1 is 1.15 bits per heavy atom. The number of nitrogens with one attached hydrogen (secondary N) is 2. The molecule has 3 N–H and O–H groups in total. The molecule has 2 aliphatic rings. The lowest BCUT2D eigenvalue weighted by molar-refractivity contribution is -0.117. The highest BCUT2D eigenvalue weighted by molar-refractivity contribution is 5.87. The third-order valence-electron chi connectivity index (χ3n) is 6.81. The molecule has 3 atom stereocenters. The third-order valence-corrected chi connectivity index (χ3v) is 6.81. The molecule has 1 amide bonds. The first-order valence-electron chi connectivity index (χ1n) is 11.9. The molecule has 0 aliphatic carbocycles. The van der Waals surface area contributed by atoms with E-state index >= 15 is 0 Å². The molecule has 0 radical (unpaired) electrons. The van der Waals surface area contributed by atoms with Crippen LogP contribution in [0, 0.1) is 0 Å². The molecule has 0 saturated carbocycles. The number of benzene rings is 1. The smallest absolute Gasteiger partial charge is 0.243 e. The summed E-state index contributed by atoms with van der Waals surface area (Å²) >= 11 is 0. The molecule has 2 saturated heterocycles. The van der Waals surface area contributed by atoms with E-state index in [9.17, 15) is 9.90 Å². The van der Waals surface area contributed by atoms with E-state index in [2.05, 4.69) is 27.1 Å². The Bertz CT molecular complexity index is 1180. The summed E-state index contributed by atoms with van der Waals surface area (Å²) in [5.74, 6) is 0.391. The molecule has 8 nitrogen and oxygen atoms in total. The summed E-state index contributed by atoms with van der Waals surface area (Å²) in [6.45, 7) is 6.11. The quantitative estimate of drug-likeness (QED) is 0.498. The molecule has 34 heavy (non-hydrogen) atoms. The van der Waals surface area contributed by atoms with Crippen LogP contribution in [0.15, 0.2) is 43.0 Å². The fraction of sp³-hybridized carbons (Fsp3) is 0.423. The van der Waals surface area contributed by atoms with Gasteiger partial charge in [-0.1, -0.05) is 18.7 Å². The van der Waals surface area contributed by atoms with Crippen LogP contribution in [0.5, 0.6) is 5.75 Å². The number of carbonyl (C=O) groups excluding carboxylic acids is 1. The van der Waals surface area contributed by atoms with Crippen molar-refractivity contribution in [2.45, 2.75) is 43.6 Å². The highest BCUT2D eigenvalue weighted by Crippen LogP contribution is 2.41. The SMILES string of the molecule is C=CC(=O)N[C@@H]1COCC[C@H](c2[nH]c3nnc(-c4ccccc4O)cc3c2[C@@H]2CCCOC2)C1. The van der Waals surface area contributed by atoms with Crippen LogP contribution in [-0.2, 0) is 14.3 Å². The number of rotatable bonds is 5. The molecule has 0 spiro atoms. The number of fused-ring (bicyclic) bond motifs is 1. The Hall–Kier alpha value is -3.23. The van der Waals surface area contributed by atoms with Crippen LogP contribution < -0.4 is 5.32 Å². The first-order chi connectivity index (χ1) is 16.6. The monoisotopic (exact) mass is 462 g/mol. The number of carbonyl (C=O) groups is 1. The summed E-state index contributed by atoms with van der Waals surface area (Å²) in [6.07, 6.45) is 4.94. The maximum Gasteiger partial charge on any atom is 0.243 e. The van der Waals surface area contributed by atoms with Crippen LogP contribution in [0.25, 0.3) is 22.3 Å². The summed E-state index contributed by atoms with van der Waals surface area (Å²) in [5.41, 5.74) is 4.35. The fourth-order valence-electron chi connectivity index (χ4n) is 5.18. The van der Waals surface area contributed by atoms with Gasteiger partial charge in [-0.2, -0.15) is 0 Å². The van der Waals surface area contributed by atoms with Gasteiger partial charge in [0.1, 0.15) is 5.75 Å². The van der Waals surface area contributed by atoms with Gasteiger partial charge in [0.25, 0.3) is 0 Å². The van der Waals surface area contributed by atoms with E-state index in [1.165, 1.54) is 11.6 Å². The van der Waals surface area contributed by atoms with Gasteiger partial charge in [-0.05, 0) is 55.5 Å². The minimum atomic E-state index is -0.190. The molecular formula is C26H30N4O4. The molecular weight excluding hydrogens is 432 g/mol. The van der Waals surface area contributed by atoms with E-state index < -0.39 is 0 Å². The average Bonchev–Trinajstić information content (AvgIpc) is 3.09. The van der Waals surface area contributed by atoms with Gasteiger partial charge in [-0.3, -0.25) is 4.79 Å². The van der Waals surface area contributed by atoms with E-state index in [1.54, 1.807) is 12.1 Å². The van der Waals surface area contributed by atoms with Gasteiger partial charge in [-0.15, -0.1) is 10.2 Å². The molecule has 2 fully saturated rings. The van der Waals surface area contributed by atoms with E-state index in [0.29, 0.717) is 31.1 Å². The van der Waals surface area contributed by atoms with Crippen LogP contribution in [0.4, 0.5) is 0 Å². The Balaban J connectivity index is 1.58. The van der Waals surface area contributed by atoms with Crippen molar-refractivity contribution < 1.29 is 19.4 Å². The first kappa shape index (κ1) is 22.6. The van der Waals surface area contributed by atoms with Crippen molar-refractivity contribution in [3.05, 3.63) is 54.2 Å². The Labute approximate surface area is 198 Å². The second kappa shape index (κ2) is 9.95. The highest BCUT2D eigenvalue weighted by Gasteiger charge is 2.31. The van der Waals surface area contributed by atoms with E-state index in [4.69, 9.17) is 9.47 Å². The Morgan fingerprint density at radius 3 is 2.79 bits per heavy atom. The maximum absolute atomic E-state index is 11.9. The van der Waals surface area contributed by atoms with Crippen molar-refractivity contribution in [3.8, 4) is 17.0 Å². The number of phenolic OH excluding ortho intramolecular Hbond substituents is 1. The molecule has 2 aromatic heterocycles. The van der Waals surface area contributed by atoms with Gasteiger partial charge in [0.05, 0.1) is 24.9 Å². The van der Waals surface area contributed by atoms with Gasteiger partial charge < -0.3 is 24.9 Å². The Kier molecular flexibility index (Phi) is 6.60. The molecule has 0 unspecified atom stereocenters. The molecule has 0 bridgehead atoms. The van der Waals surface area contributed by atoms with Crippen molar-refractivity contribution in [1.29, 1.82) is 0 Å². The molecule has 3 aromatic rings. The Morgan fingerprint density at radius 2 is 2.00 bits per heavy atom. The number of aromatic amines is 1. The zero-order chi connectivity index (χ0) is 23.5. The average molecular weight is 463 g/mol. The zero-order valence-electron chi connectivity index (χ0n) is 19.1. The van der Waals surface area contributed by atoms with Gasteiger partial charge >= 0.3 is 0 Å². The lowest BCUT2D eigenvalue weighted by Gasteiger charge is -2.26. The van der Waals surface area contributed by atoms with Gasteiger partial charge in [0, 0.05) is 41.7 Å². The molecule has 1 aromatic carbocycles. The second-order valence-corrected chi connectivity index (χ2v) is 9.08. The molecule has 2 aliphatic heterocycles. The standard InChI is InChI=1S/C26H30N4O4/c1-2-23(32)27-18-12-16(9-11-34-15-18)25-24(17-6-5-10-33-14-17)20-13-21(29-30-26(20)28-25)19-7-3-4-8-22(19)31/h2-4,7-8,13,16-18,31H,1,5-6,9-12,14-15H2,(H,27,32)(H,28,30)/t16-,17+,18-/m0/s1. The van der Waals surface area contributed by atoms with Gasteiger partial charge in [-0.25, -0.2) is 0 Å². The highest BCUT2D eigenvalue weighted by atomic mass is 16.5. The van der Waals surface area contributed by atoms with Crippen LogP contribution in [0.2, 0.25) is 0 Å². The second-order valence-electron chi connectivity index (χ2n) is 9.08. The van der Waals surface area contributed by atoms with Gasteiger partial charge in [0.15, 0.2) is 5.65 Å². The van der Waals surface area contributed by atoms with Crippen molar-refractivity contribution in [2.75, 3.05) is 26.4 Å². The summed E-state index contributed by atoms with van der Waals surface area (Å²) in [7, 11) is 0. The van der Waals surface area contributed by atoms with Crippen LogP contribution in [0.1, 0.15) is 48.8 Å². The normalized spacial score (nSPS) is 23.4. The number of amides is 1. The minimum Gasteiger partial charge on any atom is -0.507 e. The third kappa shape index (κ3) is 4.56. The summed E-state index contributed by atoms with van der Waals surface area (Å²) in [4.78, 5) is 15.5. The van der Waals surface area contributed by atoms with E-state index in [1.807, 2.05) is 18.2 Å². The topological polar surface area (TPSA) is 109 Å². The summed E-state index contributed by atoms with van der Waals surface area (Å²) in [5, 5.41) is 23.3. The minimum absolute atomic E-state index is 0.0946. The van der Waals surface area contributed by atoms with Crippen LogP contribution in [0.3, 0.4) is 0 Å². The predicted molar refractivity (Wildman–Crippen MR) is 129 cm³/mol. The number of aromatic hydroxyl groups is 1. The van der Waals surface area contributed by atoms with Crippen molar-refractivity contribution in [1.82, 2.24) is 20.5 Å². The summed E-state index contributed by atoms with van der Waals surface area (Å²) in [6, 6.07) is 9.09. The molecule has 4 heterocycles. The van der Waals surface area contributed by atoms with E-state index in [0.717, 1.165) is 49.0 Å². The maximum atomic E-state index is 11.9.